The fourth-order valence-corrected chi connectivity index (χ4v) is 2.27. The molecular weight excluding hydrogens is 257 g/mol. The zero-order chi connectivity index (χ0) is 13.9. The lowest BCUT2D eigenvalue weighted by molar-refractivity contribution is -0.143. The fraction of sp³-hybridized carbons (Fsp3) is 0.583. The molecule has 7 heteroatoms. The van der Waals surface area contributed by atoms with Crippen molar-refractivity contribution in [1.29, 1.82) is 0 Å². The number of rotatable bonds is 4. The average Bonchev–Trinajstić information content (AvgIpc) is 2.72. The van der Waals surface area contributed by atoms with Crippen molar-refractivity contribution in [3.05, 3.63) is 18.3 Å². The highest BCUT2D eigenvalue weighted by molar-refractivity contribution is 5.48. The molecule has 1 saturated heterocycles. The summed E-state index contributed by atoms with van der Waals surface area (Å²) >= 11 is 0. The molecule has 1 fully saturated rings. The van der Waals surface area contributed by atoms with Gasteiger partial charge in [-0.15, -0.1) is 0 Å². The van der Waals surface area contributed by atoms with Crippen molar-refractivity contribution >= 4 is 11.5 Å². The number of nitrogens with two attached hydrogens (primary N) is 1. The number of hydrogen-bond acceptors (Lipinski definition) is 4. The van der Waals surface area contributed by atoms with Crippen molar-refractivity contribution in [1.82, 2.24) is 9.88 Å². The van der Waals surface area contributed by atoms with Gasteiger partial charge in [-0.1, -0.05) is 0 Å². The second-order valence-corrected chi connectivity index (χ2v) is 4.86. The Hall–Kier alpha value is -1.50. The molecule has 0 amide bonds. The van der Waals surface area contributed by atoms with Crippen molar-refractivity contribution in [2.24, 2.45) is 5.92 Å². The fourth-order valence-electron chi connectivity index (χ4n) is 2.27. The molecule has 0 bridgehead atoms. The smallest absolute Gasteiger partial charge is 0.399 e. The van der Waals surface area contributed by atoms with Crippen molar-refractivity contribution in [2.75, 3.05) is 37.2 Å². The van der Waals surface area contributed by atoms with Gasteiger partial charge >= 0.3 is 6.18 Å². The Morgan fingerprint density at radius 2 is 2.26 bits per heavy atom. The van der Waals surface area contributed by atoms with E-state index >= 15 is 0 Å². The van der Waals surface area contributed by atoms with Crippen molar-refractivity contribution in [3.63, 3.8) is 0 Å². The third-order valence-corrected chi connectivity index (χ3v) is 3.13. The molecule has 4 nitrogen and oxygen atoms in total. The van der Waals surface area contributed by atoms with Gasteiger partial charge in [-0.3, -0.25) is 4.90 Å². The number of nitrogens with zero attached hydrogens (tertiary/aromatic N) is 2. The van der Waals surface area contributed by atoms with Gasteiger partial charge in [0, 0.05) is 31.0 Å². The topological polar surface area (TPSA) is 54.2 Å². The molecule has 3 N–H and O–H groups in total. The minimum absolute atomic E-state index is 0.214. The van der Waals surface area contributed by atoms with Crippen LogP contribution in [0.3, 0.4) is 0 Å². The largest absolute Gasteiger partial charge is 0.401 e. The van der Waals surface area contributed by atoms with Gasteiger partial charge in [0.1, 0.15) is 5.82 Å². The van der Waals surface area contributed by atoms with E-state index < -0.39 is 12.7 Å². The Morgan fingerprint density at radius 1 is 1.47 bits per heavy atom. The van der Waals surface area contributed by atoms with E-state index in [1.165, 1.54) is 4.90 Å². The first-order chi connectivity index (χ1) is 8.92. The van der Waals surface area contributed by atoms with Gasteiger partial charge in [-0.05, 0) is 24.9 Å². The van der Waals surface area contributed by atoms with E-state index in [0.717, 1.165) is 6.42 Å². The Labute approximate surface area is 109 Å². The second-order valence-electron chi connectivity index (χ2n) is 4.86. The van der Waals surface area contributed by atoms with E-state index in [1.807, 2.05) is 0 Å². The number of aromatic nitrogens is 1. The lowest BCUT2D eigenvalue weighted by Crippen LogP contribution is -2.33. The summed E-state index contributed by atoms with van der Waals surface area (Å²) in [5.41, 5.74) is 6.23. The molecule has 0 radical (unpaired) electrons. The minimum atomic E-state index is -4.11. The molecule has 1 aromatic rings. The summed E-state index contributed by atoms with van der Waals surface area (Å²) in [6, 6.07) is 3.40. The highest BCUT2D eigenvalue weighted by Crippen LogP contribution is 2.23. The van der Waals surface area contributed by atoms with Crippen LogP contribution in [0.1, 0.15) is 6.42 Å². The van der Waals surface area contributed by atoms with Crippen molar-refractivity contribution < 1.29 is 13.2 Å². The molecular formula is C12H17F3N4. The van der Waals surface area contributed by atoms with E-state index in [0.29, 0.717) is 31.1 Å². The SMILES string of the molecule is Nc1ccnc(NCC2CCN(CC(F)(F)F)C2)c1. The number of hydrogen-bond donors (Lipinski definition) is 2. The second kappa shape index (κ2) is 5.64. The van der Waals surface area contributed by atoms with E-state index in [9.17, 15) is 13.2 Å². The van der Waals surface area contributed by atoms with E-state index in [4.69, 9.17) is 5.73 Å². The quantitative estimate of drug-likeness (QED) is 0.881. The van der Waals surface area contributed by atoms with Gasteiger partial charge in [0.15, 0.2) is 0 Å². The molecule has 106 valence electrons. The van der Waals surface area contributed by atoms with Crippen LogP contribution in [0.15, 0.2) is 18.3 Å². The third kappa shape index (κ3) is 4.59. The van der Waals surface area contributed by atoms with Gasteiger partial charge in [-0.25, -0.2) is 4.98 Å². The Balaban J connectivity index is 1.76. The monoisotopic (exact) mass is 274 g/mol. The van der Waals surface area contributed by atoms with E-state index in [-0.39, 0.29) is 5.92 Å². The molecule has 1 unspecified atom stereocenters. The number of likely N-dealkylation sites (tertiary alicyclic amines) is 1. The molecule has 0 aliphatic carbocycles. The highest BCUT2D eigenvalue weighted by Gasteiger charge is 2.34. The standard InChI is InChI=1S/C12H17F3N4/c13-12(14,15)8-19-4-2-9(7-19)6-18-11-5-10(16)1-3-17-11/h1,3,5,9H,2,4,6-8H2,(H3,16,17,18). The molecule has 19 heavy (non-hydrogen) atoms. The predicted molar refractivity (Wildman–Crippen MR) is 67.7 cm³/mol. The molecule has 1 aliphatic heterocycles. The van der Waals surface area contributed by atoms with E-state index in [2.05, 4.69) is 10.3 Å². The van der Waals surface area contributed by atoms with Crippen LogP contribution in [0.4, 0.5) is 24.7 Å². The van der Waals surface area contributed by atoms with Gasteiger partial charge in [0.05, 0.1) is 6.54 Å². The third-order valence-electron chi connectivity index (χ3n) is 3.13. The van der Waals surface area contributed by atoms with Crippen LogP contribution >= 0.6 is 0 Å². The van der Waals surface area contributed by atoms with Crippen molar-refractivity contribution in [2.45, 2.75) is 12.6 Å². The number of nitrogens with one attached hydrogen (secondary N) is 1. The first kappa shape index (κ1) is 13.9. The van der Waals surface area contributed by atoms with E-state index in [1.54, 1.807) is 18.3 Å². The maximum absolute atomic E-state index is 12.2. The van der Waals surface area contributed by atoms with Crippen LogP contribution in [0, 0.1) is 5.92 Å². The molecule has 2 rings (SSSR count). The minimum Gasteiger partial charge on any atom is -0.399 e. The lowest BCUT2D eigenvalue weighted by atomic mass is 10.1. The number of anilines is 2. The normalized spacial score (nSPS) is 20.7. The Kier molecular flexibility index (Phi) is 4.14. The number of pyridine rings is 1. The lowest BCUT2D eigenvalue weighted by Gasteiger charge is -2.18. The summed E-state index contributed by atoms with van der Waals surface area (Å²) in [4.78, 5) is 5.54. The summed E-state index contributed by atoms with van der Waals surface area (Å²) < 4.78 is 36.7. The predicted octanol–water partition coefficient (Wildman–Crippen LogP) is 1.96. The van der Waals surface area contributed by atoms with Crippen LogP contribution in [-0.4, -0.2) is 42.2 Å². The highest BCUT2D eigenvalue weighted by atomic mass is 19.4. The van der Waals surface area contributed by atoms with Gasteiger partial charge in [0.25, 0.3) is 0 Å². The Bertz CT molecular complexity index is 422. The van der Waals surface area contributed by atoms with Crippen LogP contribution in [0.2, 0.25) is 0 Å². The first-order valence-corrected chi connectivity index (χ1v) is 6.17. The van der Waals surface area contributed by atoms with Crippen LogP contribution in [0.25, 0.3) is 0 Å². The summed E-state index contributed by atoms with van der Waals surface area (Å²) in [6.45, 7) is 0.760. The van der Waals surface area contributed by atoms with Gasteiger partial charge in [0.2, 0.25) is 0 Å². The van der Waals surface area contributed by atoms with Crippen molar-refractivity contribution in [3.8, 4) is 0 Å². The van der Waals surface area contributed by atoms with Crippen LogP contribution in [-0.2, 0) is 0 Å². The zero-order valence-corrected chi connectivity index (χ0v) is 10.5. The molecule has 0 saturated carbocycles. The molecule has 1 atom stereocenters. The summed E-state index contributed by atoms with van der Waals surface area (Å²) in [5, 5.41) is 3.11. The summed E-state index contributed by atoms with van der Waals surface area (Å²) in [6.07, 6.45) is -1.74. The molecule has 0 aromatic carbocycles. The zero-order valence-electron chi connectivity index (χ0n) is 10.5. The number of alkyl halides is 3. The van der Waals surface area contributed by atoms with Gasteiger partial charge < -0.3 is 11.1 Å². The molecule has 0 spiro atoms. The maximum atomic E-state index is 12.2. The van der Waals surface area contributed by atoms with Gasteiger partial charge in [-0.2, -0.15) is 13.2 Å². The molecule has 1 aromatic heterocycles. The molecule has 2 heterocycles. The van der Waals surface area contributed by atoms with Crippen LogP contribution in [0.5, 0.6) is 0 Å². The number of halogens is 3. The average molecular weight is 274 g/mol. The maximum Gasteiger partial charge on any atom is 0.401 e. The Morgan fingerprint density at radius 3 is 2.95 bits per heavy atom. The first-order valence-electron chi connectivity index (χ1n) is 6.17. The summed E-state index contributed by atoms with van der Waals surface area (Å²) in [5.74, 6) is 0.875. The molecule has 1 aliphatic rings. The summed E-state index contributed by atoms with van der Waals surface area (Å²) in [7, 11) is 0. The van der Waals surface area contributed by atoms with Crippen LogP contribution < -0.4 is 11.1 Å². The number of nitrogen functional groups attached to an aromatic ring is 1.